The Labute approximate surface area is 137 Å². The van der Waals surface area contributed by atoms with Gasteiger partial charge in [0, 0.05) is 6.42 Å². The summed E-state index contributed by atoms with van der Waals surface area (Å²) in [6.45, 7) is 4.13. The van der Waals surface area contributed by atoms with Gasteiger partial charge >= 0.3 is 11.9 Å². The van der Waals surface area contributed by atoms with Crippen LogP contribution in [0.4, 0.5) is 0 Å². The number of hydrogen-bond acceptors (Lipinski definition) is 4. The molecule has 23 heavy (non-hydrogen) atoms. The molecule has 1 aliphatic carbocycles. The zero-order valence-electron chi connectivity index (χ0n) is 14.3. The smallest absolute Gasteiger partial charge is 0.323 e. The number of esters is 2. The van der Waals surface area contributed by atoms with E-state index in [0.717, 1.165) is 29.6 Å². The standard InChI is InChI=1S/C19H24O4/c1-5-6-15-11-19(17(20)22-3,18(21)23-4)12-16(15)14-9-7-13(2)8-10-14/h7-10H,5-6,11-12H2,1-4H3. The molecule has 1 aliphatic rings. The van der Waals surface area contributed by atoms with E-state index in [4.69, 9.17) is 9.47 Å². The van der Waals surface area contributed by atoms with Gasteiger partial charge in [-0.25, -0.2) is 0 Å². The van der Waals surface area contributed by atoms with Gasteiger partial charge in [0.2, 0.25) is 0 Å². The second-order valence-electron chi connectivity index (χ2n) is 6.12. The van der Waals surface area contributed by atoms with Crippen LogP contribution in [0.25, 0.3) is 5.57 Å². The second-order valence-corrected chi connectivity index (χ2v) is 6.12. The average Bonchev–Trinajstić information content (AvgIpc) is 2.95. The lowest BCUT2D eigenvalue weighted by Gasteiger charge is -2.23. The van der Waals surface area contributed by atoms with Crippen molar-refractivity contribution in [1.29, 1.82) is 0 Å². The number of benzene rings is 1. The summed E-state index contributed by atoms with van der Waals surface area (Å²) in [5.74, 6) is -1.03. The van der Waals surface area contributed by atoms with E-state index < -0.39 is 17.4 Å². The van der Waals surface area contributed by atoms with Crippen molar-refractivity contribution < 1.29 is 19.1 Å². The molecule has 2 rings (SSSR count). The van der Waals surface area contributed by atoms with Crippen LogP contribution in [0.3, 0.4) is 0 Å². The highest BCUT2D eigenvalue weighted by atomic mass is 16.5. The highest BCUT2D eigenvalue weighted by Crippen LogP contribution is 2.49. The molecule has 0 fully saturated rings. The molecule has 0 spiro atoms. The molecule has 0 atom stereocenters. The lowest BCUT2D eigenvalue weighted by Crippen LogP contribution is -2.39. The average molecular weight is 316 g/mol. The minimum atomic E-state index is -1.24. The van der Waals surface area contributed by atoms with Crippen LogP contribution in [-0.4, -0.2) is 26.2 Å². The fraction of sp³-hybridized carbons (Fsp3) is 0.474. The predicted molar refractivity (Wildman–Crippen MR) is 88.7 cm³/mol. The van der Waals surface area contributed by atoms with Crippen molar-refractivity contribution in [3.63, 3.8) is 0 Å². The van der Waals surface area contributed by atoms with Crippen molar-refractivity contribution in [3.05, 3.63) is 41.0 Å². The molecular formula is C19H24O4. The van der Waals surface area contributed by atoms with Crippen molar-refractivity contribution in [1.82, 2.24) is 0 Å². The highest BCUT2D eigenvalue weighted by molar-refractivity contribution is 6.04. The summed E-state index contributed by atoms with van der Waals surface area (Å²) in [5, 5.41) is 0. The van der Waals surface area contributed by atoms with Gasteiger partial charge < -0.3 is 9.47 Å². The predicted octanol–water partition coefficient (Wildman–Crippen LogP) is 3.67. The molecular weight excluding hydrogens is 292 g/mol. The number of hydrogen-bond donors (Lipinski definition) is 0. The summed E-state index contributed by atoms with van der Waals surface area (Å²) in [5.41, 5.74) is 3.22. The Bertz CT molecular complexity index is 609. The van der Waals surface area contributed by atoms with Gasteiger partial charge in [0.1, 0.15) is 0 Å². The van der Waals surface area contributed by atoms with Gasteiger partial charge in [0.25, 0.3) is 0 Å². The maximum atomic E-state index is 12.4. The first-order valence-corrected chi connectivity index (χ1v) is 7.93. The number of methoxy groups -OCH3 is 2. The van der Waals surface area contributed by atoms with Gasteiger partial charge in [-0.05, 0) is 30.9 Å². The first-order chi connectivity index (χ1) is 11.0. The van der Waals surface area contributed by atoms with Crippen LogP contribution in [-0.2, 0) is 19.1 Å². The Balaban J connectivity index is 2.46. The number of carbonyl (C=O) groups is 2. The van der Waals surface area contributed by atoms with Gasteiger partial charge in [0.15, 0.2) is 5.41 Å². The largest absolute Gasteiger partial charge is 0.468 e. The molecule has 0 amide bonds. The zero-order chi connectivity index (χ0) is 17.0. The summed E-state index contributed by atoms with van der Waals surface area (Å²) in [4.78, 5) is 24.7. The van der Waals surface area contributed by atoms with E-state index in [1.807, 2.05) is 31.2 Å². The Hall–Kier alpha value is -2.10. The third-order valence-electron chi connectivity index (χ3n) is 4.52. The molecule has 4 heteroatoms. The Morgan fingerprint density at radius 3 is 2.09 bits per heavy atom. The highest BCUT2D eigenvalue weighted by Gasteiger charge is 2.53. The fourth-order valence-electron chi connectivity index (χ4n) is 3.32. The molecule has 0 saturated carbocycles. The lowest BCUT2D eigenvalue weighted by molar-refractivity contribution is -0.168. The monoisotopic (exact) mass is 316 g/mol. The van der Waals surface area contributed by atoms with Crippen LogP contribution in [0.5, 0.6) is 0 Å². The van der Waals surface area contributed by atoms with Crippen molar-refractivity contribution in [2.45, 2.75) is 39.5 Å². The van der Waals surface area contributed by atoms with Crippen LogP contribution in [0.2, 0.25) is 0 Å². The van der Waals surface area contributed by atoms with E-state index in [0.29, 0.717) is 12.8 Å². The summed E-state index contributed by atoms with van der Waals surface area (Å²) in [6.07, 6.45) is 2.54. The van der Waals surface area contributed by atoms with E-state index in [9.17, 15) is 9.59 Å². The van der Waals surface area contributed by atoms with Crippen LogP contribution < -0.4 is 0 Å². The zero-order valence-corrected chi connectivity index (χ0v) is 14.3. The third kappa shape index (κ3) is 3.16. The first-order valence-electron chi connectivity index (χ1n) is 7.93. The van der Waals surface area contributed by atoms with E-state index >= 15 is 0 Å². The Morgan fingerprint density at radius 2 is 1.61 bits per heavy atom. The summed E-state index contributed by atoms with van der Waals surface area (Å²) in [6, 6.07) is 8.18. The summed E-state index contributed by atoms with van der Waals surface area (Å²) in [7, 11) is 2.63. The Morgan fingerprint density at radius 1 is 1.04 bits per heavy atom. The number of ether oxygens (including phenoxy) is 2. The number of allylic oxidation sites excluding steroid dienone is 2. The molecule has 0 bridgehead atoms. The van der Waals surface area contributed by atoms with Crippen molar-refractivity contribution in [2.75, 3.05) is 14.2 Å². The second kappa shape index (κ2) is 6.99. The first kappa shape index (κ1) is 17.3. The molecule has 0 unspecified atom stereocenters. The van der Waals surface area contributed by atoms with Gasteiger partial charge in [-0.15, -0.1) is 0 Å². The van der Waals surface area contributed by atoms with Crippen LogP contribution in [0.1, 0.15) is 43.7 Å². The fourth-order valence-corrected chi connectivity index (χ4v) is 3.32. The van der Waals surface area contributed by atoms with Crippen molar-refractivity contribution in [2.24, 2.45) is 5.41 Å². The molecule has 0 aliphatic heterocycles. The molecule has 1 aromatic rings. The number of aryl methyl sites for hydroxylation is 1. The van der Waals surface area contributed by atoms with E-state index in [1.165, 1.54) is 19.8 Å². The van der Waals surface area contributed by atoms with Gasteiger partial charge in [-0.2, -0.15) is 0 Å². The van der Waals surface area contributed by atoms with Crippen molar-refractivity contribution in [3.8, 4) is 0 Å². The van der Waals surface area contributed by atoms with Crippen LogP contribution in [0.15, 0.2) is 29.8 Å². The van der Waals surface area contributed by atoms with Gasteiger partial charge in [0.05, 0.1) is 14.2 Å². The topological polar surface area (TPSA) is 52.6 Å². The molecule has 0 radical (unpaired) electrons. The van der Waals surface area contributed by atoms with E-state index in [-0.39, 0.29) is 0 Å². The van der Waals surface area contributed by atoms with Crippen LogP contribution >= 0.6 is 0 Å². The Kier molecular flexibility index (Phi) is 5.24. The third-order valence-corrected chi connectivity index (χ3v) is 4.52. The molecule has 0 N–H and O–H groups in total. The molecule has 0 aromatic heterocycles. The van der Waals surface area contributed by atoms with Gasteiger partial charge in [-0.3, -0.25) is 9.59 Å². The molecule has 4 nitrogen and oxygen atoms in total. The maximum absolute atomic E-state index is 12.4. The SMILES string of the molecule is CCCC1=C(c2ccc(C)cc2)CC(C(=O)OC)(C(=O)OC)C1. The number of rotatable bonds is 5. The van der Waals surface area contributed by atoms with Gasteiger partial charge in [-0.1, -0.05) is 48.7 Å². The van der Waals surface area contributed by atoms with Crippen LogP contribution in [0, 0.1) is 12.3 Å². The summed E-state index contributed by atoms with van der Waals surface area (Å²) >= 11 is 0. The summed E-state index contributed by atoms with van der Waals surface area (Å²) < 4.78 is 9.85. The molecule has 1 aromatic carbocycles. The lowest BCUT2D eigenvalue weighted by atomic mass is 9.83. The maximum Gasteiger partial charge on any atom is 0.323 e. The minimum absolute atomic E-state index is 0.338. The quantitative estimate of drug-likeness (QED) is 0.614. The molecule has 0 saturated heterocycles. The van der Waals surface area contributed by atoms with Crippen molar-refractivity contribution >= 4 is 17.5 Å². The molecule has 0 heterocycles. The van der Waals surface area contributed by atoms with E-state index in [1.54, 1.807) is 0 Å². The normalized spacial score (nSPS) is 16.3. The number of carbonyl (C=O) groups excluding carboxylic acids is 2. The minimum Gasteiger partial charge on any atom is -0.468 e. The van der Waals surface area contributed by atoms with E-state index in [2.05, 4.69) is 6.92 Å². The molecule has 124 valence electrons.